The van der Waals surface area contributed by atoms with Gasteiger partial charge in [-0.1, -0.05) is 42.5 Å². The van der Waals surface area contributed by atoms with Gasteiger partial charge in [-0.3, -0.25) is 4.79 Å². The summed E-state index contributed by atoms with van der Waals surface area (Å²) in [5.74, 6) is 0.0511. The highest BCUT2D eigenvalue weighted by molar-refractivity contribution is 7.17. The molecule has 1 N–H and O–H groups in total. The first-order valence-electron chi connectivity index (χ1n) is 6.02. The summed E-state index contributed by atoms with van der Waals surface area (Å²) >= 11 is 1.41. The van der Waals surface area contributed by atoms with E-state index in [1.165, 1.54) is 11.3 Å². The lowest BCUT2D eigenvalue weighted by Gasteiger charge is -2.01. The van der Waals surface area contributed by atoms with Gasteiger partial charge in [0.1, 0.15) is 0 Å². The van der Waals surface area contributed by atoms with Crippen LogP contribution in [-0.2, 0) is 0 Å². The molecule has 0 bridgehead atoms. The smallest absolute Gasteiger partial charge is 0.204 e. The molecule has 1 aromatic heterocycles. The van der Waals surface area contributed by atoms with E-state index in [1.54, 1.807) is 6.20 Å². The van der Waals surface area contributed by atoms with Gasteiger partial charge in [-0.2, -0.15) is 0 Å². The number of hydrogen-bond acceptors (Lipinski definition) is 4. The normalized spacial score (nSPS) is 10.3. The van der Waals surface area contributed by atoms with Crippen molar-refractivity contribution in [2.45, 2.75) is 20.3 Å². The zero-order valence-corrected chi connectivity index (χ0v) is 11.4. The van der Waals surface area contributed by atoms with Gasteiger partial charge >= 0.3 is 0 Å². The van der Waals surface area contributed by atoms with Crippen LogP contribution >= 0.6 is 11.3 Å². The number of ketones is 1. The molecule has 0 aliphatic carbocycles. The van der Waals surface area contributed by atoms with E-state index in [0.29, 0.717) is 4.88 Å². The van der Waals surface area contributed by atoms with Gasteiger partial charge in [-0.15, -0.1) is 0 Å². The first kappa shape index (κ1) is 12.8. The van der Waals surface area contributed by atoms with Gasteiger partial charge in [-0.05, 0) is 18.9 Å². The third-order valence-corrected chi connectivity index (χ3v) is 3.60. The van der Waals surface area contributed by atoms with Gasteiger partial charge in [-0.25, -0.2) is 4.98 Å². The molecule has 0 saturated heterocycles. The van der Waals surface area contributed by atoms with E-state index in [0.717, 1.165) is 29.2 Å². The molecular weight excluding hydrogens is 244 g/mol. The molecule has 0 spiro atoms. The van der Waals surface area contributed by atoms with E-state index < -0.39 is 0 Å². The number of hydrogen-bond donors (Lipinski definition) is 1. The Bertz CT molecular complexity index is 548. The highest BCUT2D eigenvalue weighted by Gasteiger charge is 2.14. The number of nitrogens with one attached hydrogen (secondary N) is 1. The fourth-order valence-electron chi connectivity index (χ4n) is 1.65. The Balaban J connectivity index is 2.19. The minimum absolute atomic E-state index is 0.0511. The Morgan fingerprint density at radius 1 is 1.39 bits per heavy atom. The summed E-state index contributed by atoms with van der Waals surface area (Å²) < 4.78 is 0. The van der Waals surface area contributed by atoms with Crippen molar-refractivity contribution in [1.29, 1.82) is 0 Å². The average molecular weight is 260 g/mol. The minimum atomic E-state index is 0.0511. The zero-order valence-electron chi connectivity index (χ0n) is 10.6. The number of aryl methyl sites for hydroxylation is 1. The number of aromatic nitrogens is 1. The van der Waals surface area contributed by atoms with Crippen molar-refractivity contribution in [3.8, 4) is 0 Å². The highest BCUT2D eigenvalue weighted by Crippen LogP contribution is 2.22. The summed E-state index contributed by atoms with van der Waals surface area (Å²) in [5, 5.41) is 4.00. The van der Waals surface area contributed by atoms with Crippen molar-refractivity contribution in [3.05, 3.63) is 46.5 Å². The second kappa shape index (κ2) is 5.78. The largest absolute Gasteiger partial charge is 0.362 e. The Kier molecular flexibility index (Phi) is 4.10. The van der Waals surface area contributed by atoms with Crippen LogP contribution in [0.2, 0.25) is 0 Å². The van der Waals surface area contributed by atoms with Crippen LogP contribution in [-0.4, -0.2) is 17.3 Å². The predicted octanol–water partition coefficient (Wildman–Crippen LogP) is 3.50. The Hall–Kier alpha value is -1.68. The summed E-state index contributed by atoms with van der Waals surface area (Å²) in [6.07, 6.45) is 2.69. The van der Waals surface area contributed by atoms with E-state index in [2.05, 4.69) is 17.2 Å². The molecular formula is C14H16N2OS. The number of carbonyl (C=O) groups is 1. The summed E-state index contributed by atoms with van der Waals surface area (Å²) in [5.41, 5.74) is 1.75. The van der Waals surface area contributed by atoms with Crippen LogP contribution in [0.3, 0.4) is 0 Å². The molecule has 0 aliphatic heterocycles. The summed E-state index contributed by atoms with van der Waals surface area (Å²) in [7, 11) is 0. The molecule has 18 heavy (non-hydrogen) atoms. The number of carbonyl (C=O) groups excluding carboxylic acids is 1. The molecule has 0 fully saturated rings. The number of benzene rings is 1. The molecule has 2 rings (SSSR count). The van der Waals surface area contributed by atoms with Crippen LogP contribution in [0, 0.1) is 6.92 Å². The second-order valence-electron chi connectivity index (χ2n) is 4.10. The van der Waals surface area contributed by atoms with E-state index in [-0.39, 0.29) is 5.78 Å². The van der Waals surface area contributed by atoms with E-state index >= 15 is 0 Å². The van der Waals surface area contributed by atoms with Crippen molar-refractivity contribution >= 4 is 22.3 Å². The molecule has 0 unspecified atom stereocenters. The second-order valence-corrected chi connectivity index (χ2v) is 5.13. The molecule has 2 aromatic rings. The van der Waals surface area contributed by atoms with Crippen LogP contribution in [0.15, 0.2) is 30.5 Å². The minimum Gasteiger partial charge on any atom is -0.362 e. The average Bonchev–Trinajstić information content (AvgIpc) is 2.85. The van der Waals surface area contributed by atoms with E-state index in [1.807, 2.05) is 31.2 Å². The van der Waals surface area contributed by atoms with Gasteiger partial charge in [0.25, 0.3) is 0 Å². The number of thiazole rings is 1. The first-order valence-corrected chi connectivity index (χ1v) is 6.84. The van der Waals surface area contributed by atoms with Crippen molar-refractivity contribution in [1.82, 2.24) is 4.98 Å². The maximum absolute atomic E-state index is 12.3. The topological polar surface area (TPSA) is 42.0 Å². The molecule has 3 nitrogen and oxygen atoms in total. The Morgan fingerprint density at radius 2 is 2.17 bits per heavy atom. The summed E-state index contributed by atoms with van der Waals surface area (Å²) in [4.78, 5) is 17.2. The Morgan fingerprint density at radius 3 is 2.89 bits per heavy atom. The lowest BCUT2D eigenvalue weighted by molar-refractivity contribution is 0.104. The Labute approximate surface area is 111 Å². The molecule has 4 heteroatoms. The maximum Gasteiger partial charge on any atom is 0.204 e. The molecule has 0 atom stereocenters. The summed E-state index contributed by atoms with van der Waals surface area (Å²) in [6, 6.07) is 7.63. The molecule has 0 aliphatic rings. The summed E-state index contributed by atoms with van der Waals surface area (Å²) in [6.45, 7) is 4.93. The van der Waals surface area contributed by atoms with Crippen molar-refractivity contribution in [2.75, 3.05) is 11.9 Å². The third kappa shape index (κ3) is 2.76. The molecule has 0 radical (unpaired) electrons. The zero-order chi connectivity index (χ0) is 13.0. The van der Waals surface area contributed by atoms with E-state index in [4.69, 9.17) is 0 Å². The van der Waals surface area contributed by atoms with Gasteiger partial charge < -0.3 is 5.32 Å². The van der Waals surface area contributed by atoms with Crippen molar-refractivity contribution < 1.29 is 4.79 Å². The number of nitrogens with zero attached hydrogens (tertiary/aromatic N) is 1. The standard InChI is InChI=1S/C14H16N2OS/c1-3-8-15-14-16-9-12(18-14)13(17)11-7-5-4-6-10(11)2/h4-7,9H,3,8H2,1-2H3,(H,15,16). The molecule has 0 saturated carbocycles. The van der Waals surface area contributed by atoms with Gasteiger partial charge in [0, 0.05) is 12.1 Å². The SMILES string of the molecule is CCCNc1ncc(C(=O)c2ccccc2C)s1. The fraction of sp³-hybridized carbons (Fsp3) is 0.286. The van der Waals surface area contributed by atoms with Crippen LogP contribution in [0.1, 0.15) is 34.1 Å². The van der Waals surface area contributed by atoms with Crippen molar-refractivity contribution in [3.63, 3.8) is 0 Å². The van der Waals surface area contributed by atoms with Gasteiger partial charge in [0.05, 0.1) is 11.1 Å². The van der Waals surface area contributed by atoms with Crippen LogP contribution in [0.5, 0.6) is 0 Å². The predicted molar refractivity (Wildman–Crippen MR) is 75.5 cm³/mol. The van der Waals surface area contributed by atoms with Crippen LogP contribution in [0.4, 0.5) is 5.13 Å². The first-order chi connectivity index (χ1) is 8.72. The lowest BCUT2D eigenvalue weighted by Crippen LogP contribution is -2.00. The quantitative estimate of drug-likeness (QED) is 0.837. The molecule has 1 heterocycles. The van der Waals surface area contributed by atoms with Gasteiger partial charge in [0.15, 0.2) is 5.13 Å². The van der Waals surface area contributed by atoms with Crippen LogP contribution < -0.4 is 5.32 Å². The molecule has 0 amide bonds. The molecule has 94 valence electrons. The highest BCUT2D eigenvalue weighted by atomic mass is 32.1. The lowest BCUT2D eigenvalue weighted by atomic mass is 10.0. The van der Waals surface area contributed by atoms with Gasteiger partial charge in [0.2, 0.25) is 5.78 Å². The van der Waals surface area contributed by atoms with Crippen LogP contribution in [0.25, 0.3) is 0 Å². The number of rotatable bonds is 5. The third-order valence-electron chi connectivity index (χ3n) is 2.65. The fourth-order valence-corrected chi connectivity index (χ4v) is 2.45. The number of anilines is 1. The van der Waals surface area contributed by atoms with E-state index in [9.17, 15) is 4.79 Å². The monoisotopic (exact) mass is 260 g/mol. The van der Waals surface area contributed by atoms with Crippen molar-refractivity contribution in [2.24, 2.45) is 0 Å². The molecule has 1 aromatic carbocycles. The maximum atomic E-state index is 12.3.